The Labute approximate surface area is 117 Å². The second kappa shape index (κ2) is 8.69. The number of rotatable bonds is 9. The van der Waals surface area contributed by atoms with Crippen LogP contribution in [0.1, 0.15) is 53.8 Å². The van der Waals surface area contributed by atoms with Crippen LogP contribution in [-0.2, 0) is 4.79 Å². The molecule has 1 aromatic heterocycles. The second-order valence-electron chi connectivity index (χ2n) is 4.60. The third-order valence-corrected chi connectivity index (χ3v) is 3.94. The number of aliphatic carboxylic acids is 1. The van der Waals surface area contributed by atoms with E-state index in [2.05, 4.69) is 5.32 Å². The molecule has 0 unspecified atom stereocenters. The van der Waals surface area contributed by atoms with Crippen molar-refractivity contribution in [2.75, 3.05) is 6.54 Å². The van der Waals surface area contributed by atoms with Crippen molar-refractivity contribution >= 4 is 23.2 Å². The molecule has 1 aromatic rings. The predicted octanol–water partition coefficient (Wildman–Crippen LogP) is 3.21. The standard InChI is InChI=1S/C14H21NO3S/c1-11-8-10-19-13(11)14(18)15-9-6-4-2-3-5-7-12(16)17/h8,10H,2-7,9H2,1H3,(H,15,18)(H,16,17). The molecule has 0 fully saturated rings. The smallest absolute Gasteiger partial charge is 0.303 e. The average molecular weight is 283 g/mol. The minimum absolute atomic E-state index is 0.0124. The Bertz CT molecular complexity index is 415. The van der Waals surface area contributed by atoms with Crippen molar-refractivity contribution in [2.24, 2.45) is 0 Å². The summed E-state index contributed by atoms with van der Waals surface area (Å²) in [5, 5.41) is 13.3. The number of nitrogens with one attached hydrogen (secondary N) is 1. The molecule has 4 nitrogen and oxygen atoms in total. The molecule has 0 aliphatic heterocycles. The van der Waals surface area contributed by atoms with E-state index in [1.165, 1.54) is 11.3 Å². The first-order valence-corrected chi connectivity index (χ1v) is 7.53. The van der Waals surface area contributed by atoms with Crippen LogP contribution in [-0.4, -0.2) is 23.5 Å². The van der Waals surface area contributed by atoms with E-state index in [1.807, 2.05) is 18.4 Å². The molecule has 0 aromatic carbocycles. The van der Waals surface area contributed by atoms with Gasteiger partial charge in [-0.05, 0) is 36.8 Å². The molecule has 0 saturated heterocycles. The number of hydrogen-bond donors (Lipinski definition) is 2. The largest absolute Gasteiger partial charge is 0.481 e. The van der Waals surface area contributed by atoms with Crippen LogP contribution in [0.4, 0.5) is 0 Å². The van der Waals surface area contributed by atoms with Crippen LogP contribution in [0.2, 0.25) is 0 Å². The van der Waals surface area contributed by atoms with Gasteiger partial charge >= 0.3 is 5.97 Å². The molecule has 0 spiro atoms. The fraction of sp³-hybridized carbons (Fsp3) is 0.571. The number of unbranched alkanes of at least 4 members (excludes halogenated alkanes) is 4. The number of thiophene rings is 1. The summed E-state index contributed by atoms with van der Waals surface area (Å²) in [6, 6.07) is 1.95. The van der Waals surface area contributed by atoms with Gasteiger partial charge in [0.15, 0.2) is 0 Å². The van der Waals surface area contributed by atoms with E-state index >= 15 is 0 Å². The Balaban J connectivity index is 2.01. The van der Waals surface area contributed by atoms with Crippen LogP contribution in [0.3, 0.4) is 0 Å². The number of carboxylic acid groups (broad SMARTS) is 1. The first-order valence-electron chi connectivity index (χ1n) is 6.65. The number of carbonyl (C=O) groups is 2. The lowest BCUT2D eigenvalue weighted by Gasteiger charge is -2.04. The molecule has 0 radical (unpaired) electrons. The molecular formula is C14H21NO3S. The van der Waals surface area contributed by atoms with Gasteiger partial charge in [0.2, 0.25) is 0 Å². The summed E-state index contributed by atoms with van der Waals surface area (Å²) in [5.74, 6) is -0.711. The molecule has 0 aliphatic carbocycles. The predicted molar refractivity (Wildman–Crippen MR) is 76.7 cm³/mol. The molecule has 0 atom stereocenters. The van der Waals surface area contributed by atoms with Crippen LogP contribution in [0.5, 0.6) is 0 Å². The van der Waals surface area contributed by atoms with Crippen LogP contribution in [0.25, 0.3) is 0 Å². The summed E-state index contributed by atoms with van der Waals surface area (Å²) >= 11 is 1.47. The summed E-state index contributed by atoms with van der Waals surface area (Å²) < 4.78 is 0. The molecule has 0 saturated carbocycles. The van der Waals surface area contributed by atoms with Crippen molar-refractivity contribution in [3.8, 4) is 0 Å². The minimum Gasteiger partial charge on any atom is -0.481 e. The van der Waals surface area contributed by atoms with Crippen molar-refractivity contribution in [2.45, 2.75) is 45.4 Å². The molecule has 2 N–H and O–H groups in total. The molecular weight excluding hydrogens is 262 g/mol. The zero-order valence-electron chi connectivity index (χ0n) is 11.3. The lowest BCUT2D eigenvalue weighted by molar-refractivity contribution is -0.137. The van der Waals surface area contributed by atoms with Gasteiger partial charge in [-0.3, -0.25) is 9.59 Å². The summed E-state index contributed by atoms with van der Waals surface area (Å²) in [5.41, 5.74) is 1.02. The quantitative estimate of drug-likeness (QED) is 0.684. The van der Waals surface area contributed by atoms with Crippen molar-refractivity contribution < 1.29 is 14.7 Å². The lowest BCUT2D eigenvalue weighted by atomic mass is 10.1. The van der Waals surface area contributed by atoms with Gasteiger partial charge < -0.3 is 10.4 Å². The maximum Gasteiger partial charge on any atom is 0.303 e. The van der Waals surface area contributed by atoms with Gasteiger partial charge in [0, 0.05) is 13.0 Å². The third-order valence-electron chi connectivity index (χ3n) is 2.92. The molecule has 19 heavy (non-hydrogen) atoms. The summed E-state index contributed by atoms with van der Waals surface area (Å²) in [6.45, 7) is 2.63. The fourth-order valence-corrected chi connectivity index (χ4v) is 2.66. The SMILES string of the molecule is Cc1ccsc1C(=O)NCCCCCCCC(=O)O. The Kier molecular flexibility index (Phi) is 7.18. The van der Waals surface area contributed by atoms with Crippen LogP contribution < -0.4 is 5.32 Å². The van der Waals surface area contributed by atoms with E-state index in [0.29, 0.717) is 6.54 Å². The molecule has 1 heterocycles. The minimum atomic E-state index is -0.724. The van der Waals surface area contributed by atoms with Gasteiger partial charge in [0.1, 0.15) is 0 Å². The lowest BCUT2D eigenvalue weighted by Crippen LogP contribution is -2.24. The zero-order chi connectivity index (χ0) is 14.1. The van der Waals surface area contributed by atoms with E-state index < -0.39 is 5.97 Å². The van der Waals surface area contributed by atoms with Gasteiger partial charge in [-0.1, -0.05) is 19.3 Å². The summed E-state index contributed by atoms with van der Waals surface area (Å²) in [7, 11) is 0. The summed E-state index contributed by atoms with van der Waals surface area (Å²) in [4.78, 5) is 22.9. The molecule has 0 bridgehead atoms. The van der Waals surface area contributed by atoms with Crippen LogP contribution in [0, 0.1) is 6.92 Å². The number of hydrogen-bond acceptors (Lipinski definition) is 3. The Morgan fingerprint density at radius 2 is 1.89 bits per heavy atom. The maximum absolute atomic E-state index is 11.8. The van der Waals surface area contributed by atoms with Crippen molar-refractivity contribution in [3.05, 3.63) is 21.9 Å². The average Bonchev–Trinajstić information content (AvgIpc) is 2.78. The van der Waals surface area contributed by atoms with Crippen molar-refractivity contribution in [3.63, 3.8) is 0 Å². The highest BCUT2D eigenvalue weighted by atomic mass is 32.1. The molecule has 106 valence electrons. The highest BCUT2D eigenvalue weighted by molar-refractivity contribution is 7.12. The molecule has 0 aliphatic rings. The van der Waals surface area contributed by atoms with Gasteiger partial charge in [0.05, 0.1) is 4.88 Å². The van der Waals surface area contributed by atoms with Gasteiger partial charge in [-0.25, -0.2) is 0 Å². The van der Waals surface area contributed by atoms with Gasteiger partial charge in [-0.15, -0.1) is 11.3 Å². The highest BCUT2D eigenvalue weighted by Gasteiger charge is 2.08. The monoisotopic (exact) mass is 283 g/mol. The Morgan fingerprint density at radius 3 is 2.53 bits per heavy atom. The van der Waals surface area contributed by atoms with E-state index in [1.54, 1.807) is 0 Å². The molecule has 1 rings (SSSR count). The first-order chi connectivity index (χ1) is 9.11. The third kappa shape index (κ3) is 6.38. The van der Waals surface area contributed by atoms with Crippen LogP contribution >= 0.6 is 11.3 Å². The maximum atomic E-state index is 11.8. The van der Waals surface area contributed by atoms with E-state index in [9.17, 15) is 9.59 Å². The fourth-order valence-electron chi connectivity index (χ4n) is 1.82. The number of amides is 1. The number of carbonyl (C=O) groups excluding carboxylic acids is 1. The highest BCUT2D eigenvalue weighted by Crippen LogP contribution is 2.15. The van der Waals surface area contributed by atoms with E-state index in [4.69, 9.17) is 5.11 Å². The molecule has 1 amide bonds. The number of aryl methyl sites for hydroxylation is 1. The second-order valence-corrected chi connectivity index (χ2v) is 5.52. The normalized spacial score (nSPS) is 10.4. The number of carboxylic acids is 1. The van der Waals surface area contributed by atoms with Crippen molar-refractivity contribution in [1.29, 1.82) is 0 Å². The topological polar surface area (TPSA) is 66.4 Å². The Morgan fingerprint density at radius 1 is 1.21 bits per heavy atom. The van der Waals surface area contributed by atoms with Gasteiger partial charge in [-0.2, -0.15) is 0 Å². The van der Waals surface area contributed by atoms with E-state index in [0.717, 1.165) is 42.5 Å². The van der Waals surface area contributed by atoms with Crippen molar-refractivity contribution in [1.82, 2.24) is 5.32 Å². The molecule has 5 heteroatoms. The Hall–Kier alpha value is -1.36. The summed E-state index contributed by atoms with van der Waals surface area (Å²) in [6.07, 6.45) is 4.96. The van der Waals surface area contributed by atoms with Gasteiger partial charge in [0.25, 0.3) is 5.91 Å². The van der Waals surface area contributed by atoms with E-state index in [-0.39, 0.29) is 12.3 Å². The van der Waals surface area contributed by atoms with Crippen LogP contribution in [0.15, 0.2) is 11.4 Å². The zero-order valence-corrected chi connectivity index (χ0v) is 12.1. The first kappa shape index (κ1) is 15.7.